The van der Waals surface area contributed by atoms with Gasteiger partial charge in [-0.15, -0.1) is 0 Å². The van der Waals surface area contributed by atoms with Crippen LogP contribution >= 0.6 is 7.14 Å². The van der Waals surface area contributed by atoms with Crippen LogP contribution in [0.2, 0.25) is 0 Å². The Morgan fingerprint density at radius 2 is 0.761 bits per heavy atom. The van der Waals surface area contributed by atoms with Crippen molar-refractivity contribution >= 4 is 55.8 Å². The third-order valence-electron chi connectivity index (χ3n) is 12.6. The molecule has 10 aromatic carbocycles. The lowest BCUT2D eigenvalue weighted by Crippen LogP contribution is -2.24. The van der Waals surface area contributed by atoms with Crippen LogP contribution in [0.5, 0.6) is 0 Å². The Hall–Kier alpha value is -8.50. The van der Waals surface area contributed by atoms with Crippen LogP contribution in [0.15, 0.2) is 247 Å². The highest BCUT2D eigenvalue weighted by Crippen LogP contribution is 2.45. The van der Waals surface area contributed by atoms with Gasteiger partial charge in [-0.05, 0) is 57.0 Å². The van der Waals surface area contributed by atoms with Crippen molar-refractivity contribution in [3.63, 3.8) is 0 Å². The molecule has 316 valence electrons. The van der Waals surface area contributed by atoms with Crippen molar-refractivity contribution in [1.29, 1.82) is 0 Å². The fraction of sp³-hybridized carbons (Fsp3) is 0. The Bertz CT molecular complexity index is 3760. The van der Waals surface area contributed by atoms with Crippen molar-refractivity contribution < 1.29 is 8.98 Å². The fourth-order valence-electron chi connectivity index (χ4n) is 9.32. The largest absolute Gasteiger partial charge is 0.455 e. The van der Waals surface area contributed by atoms with Crippen molar-refractivity contribution in [1.82, 2.24) is 15.0 Å². The number of rotatable bonds is 9. The topological polar surface area (TPSA) is 68.9 Å². The Balaban J connectivity index is 0.951. The lowest BCUT2D eigenvalue weighted by Gasteiger charge is -2.20. The van der Waals surface area contributed by atoms with Gasteiger partial charge in [-0.25, -0.2) is 15.0 Å². The molecule has 0 amide bonds. The van der Waals surface area contributed by atoms with Crippen LogP contribution in [0, 0.1) is 0 Å². The van der Waals surface area contributed by atoms with E-state index in [9.17, 15) is 0 Å². The third-order valence-corrected chi connectivity index (χ3v) is 15.7. The SMILES string of the molecule is O=P(c1ccccc1)(c1ccccc1)c1ccc(-c2cc3c(oc4cccc(-c5ccc(-c6nc(-c7ccccc7)nc(-c7cccc(-c8ccccc8)c7)n6)cc5)c43)c3ccccc23)cc1. The van der Waals surface area contributed by atoms with Gasteiger partial charge in [0, 0.05) is 48.8 Å². The van der Waals surface area contributed by atoms with Crippen LogP contribution < -0.4 is 15.9 Å². The van der Waals surface area contributed by atoms with Crippen molar-refractivity contribution in [3.05, 3.63) is 243 Å². The zero-order valence-electron chi connectivity index (χ0n) is 36.2. The number of hydrogen-bond acceptors (Lipinski definition) is 5. The Morgan fingerprint density at radius 3 is 1.40 bits per heavy atom. The van der Waals surface area contributed by atoms with Gasteiger partial charge < -0.3 is 8.98 Å². The molecule has 0 fully saturated rings. The standard InChI is InChI=1S/C61H40N3O2P/c65-67(48-23-9-3-10-24-48,49-25-11-4-12-26-49)50-37-35-43(36-38-50)54-40-55-57-51(29-16-30-56(57)66-58(55)53-28-14-13-27-52(53)54)42-31-33-45(34-32-42)60-62-59(44-19-7-2-8-20-44)63-61(64-60)47-22-15-21-46(39-47)41-17-5-1-6-18-41/h1-40H. The minimum Gasteiger partial charge on any atom is -0.455 e. The first kappa shape index (κ1) is 40.0. The third kappa shape index (κ3) is 7.23. The second-order valence-corrected chi connectivity index (χ2v) is 19.4. The first-order valence-corrected chi connectivity index (χ1v) is 24.1. The van der Waals surface area contributed by atoms with E-state index in [1.54, 1.807) is 0 Å². The highest BCUT2D eigenvalue weighted by Gasteiger charge is 2.29. The van der Waals surface area contributed by atoms with Crippen LogP contribution in [-0.4, -0.2) is 15.0 Å². The number of benzene rings is 10. The predicted molar refractivity (Wildman–Crippen MR) is 277 cm³/mol. The molecule has 0 aliphatic heterocycles. The van der Waals surface area contributed by atoms with Crippen molar-refractivity contribution in [3.8, 4) is 67.5 Å². The molecule has 0 aliphatic carbocycles. The number of fused-ring (bicyclic) bond motifs is 5. The summed E-state index contributed by atoms with van der Waals surface area (Å²) in [5.74, 6) is 1.82. The Morgan fingerprint density at radius 1 is 0.313 bits per heavy atom. The highest BCUT2D eigenvalue weighted by molar-refractivity contribution is 7.85. The van der Waals surface area contributed by atoms with Gasteiger partial charge in [-0.2, -0.15) is 0 Å². The van der Waals surface area contributed by atoms with Crippen LogP contribution in [0.3, 0.4) is 0 Å². The molecule has 2 heterocycles. The number of furan rings is 1. The van der Waals surface area contributed by atoms with Gasteiger partial charge in [-0.1, -0.05) is 224 Å². The molecule has 0 N–H and O–H groups in total. The van der Waals surface area contributed by atoms with Gasteiger partial charge in [0.2, 0.25) is 0 Å². The zero-order valence-corrected chi connectivity index (χ0v) is 37.1. The molecule has 0 saturated carbocycles. The van der Waals surface area contributed by atoms with Crippen LogP contribution in [0.1, 0.15) is 0 Å². The summed E-state index contributed by atoms with van der Waals surface area (Å²) in [6.07, 6.45) is 0. The van der Waals surface area contributed by atoms with Gasteiger partial charge in [0.15, 0.2) is 24.6 Å². The van der Waals surface area contributed by atoms with E-state index < -0.39 is 7.14 Å². The molecule has 0 unspecified atom stereocenters. The average molecular weight is 878 g/mol. The van der Waals surface area contributed by atoms with Crippen LogP contribution in [0.25, 0.3) is 100 Å². The number of hydrogen-bond donors (Lipinski definition) is 0. The zero-order chi connectivity index (χ0) is 44.7. The monoisotopic (exact) mass is 877 g/mol. The second-order valence-electron chi connectivity index (χ2n) is 16.7. The maximum absolute atomic E-state index is 15.2. The fourth-order valence-corrected chi connectivity index (χ4v) is 12.0. The first-order chi connectivity index (χ1) is 33.1. The molecule has 12 aromatic rings. The lowest BCUT2D eigenvalue weighted by molar-refractivity contribution is 0.592. The minimum atomic E-state index is -3.13. The number of aromatic nitrogens is 3. The summed E-state index contributed by atoms with van der Waals surface area (Å²) >= 11 is 0. The van der Waals surface area contributed by atoms with E-state index >= 15 is 4.57 Å². The molecule has 0 spiro atoms. The molecule has 6 heteroatoms. The summed E-state index contributed by atoms with van der Waals surface area (Å²) in [6.45, 7) is 0. The second kappa shape index (κ2) is 16.8. The predicted octanol–water partition coefficient (Wildman–Crippen LogP) is 14.6. The lowest BCUT2D eigenvalue weighted by atomic mass is 9.93. The van der Waals surface area contributed by atoms with Gasteiger partial charge in [0.25, 0.3) is 0 Å². The van der Waals surface area contributed by atoms with Gasteiger partial charge in [0.05, 0.1) is 0 Å². The molecule has 0 radical (unpaired) electrons. The molecule has 67 heavy (non-hydrogen) atoms. The molecule has 0 aliphatic rings. The molecular formula is C61H40N3O2P. The highest BCUT2D eigenvalue weighted by atomic mass is 31.2. The summed E-state index contributed by atoms with van der Waals surface area (Å²) in [5.41, 5.74) is 10.8. The number of nitrogens with zero attached hydrogens (tertiary/aromatic N) is 3. The van der Waals surface area contributed by atoms with E-state index in [0.29, 0.717) is 17.5 Å². The van der Waals surface area contributed by atoms with E-state index in [4.69, 9.17) is 19.4 Å². The van der Waals surface area contributed by atoms with Crippen LogP contribution in [-0.2, 0) is 4.57 Å². The normalized spacial score (nSPS) is 11.6. The minimum absolute atomic E-state index is 0.596. The average Bonchev–Trinajstić information content (AvgIpc) is 3.81. The summed E-state index contributed by atoms with van der Waals surface area (Å²) in [5, 5.41) is 6.60. The molecule has 5 nitrogen and oxygen atoms in total. The maximum atomic E-state index is 15.2. The van der Waals surface area contributed by atoms with E-state index in [0.717, 1.165) is 98.7 Å². The molecule has 0 saturated heterocycles. The Kier molecular flexibility index (Phi) is 10.0. The summed E-state index contributed by atoms with van der Waals surface area (Å²) in [4.78, 5) is 15.1. The summed E-state index contributed by atoms with van der Waals surface area (Å²) in [6, 6.07) is 82.1. The summed E-state index contributed by atoms with van der Waals surface area (Å²) < 4.78 is 22.0. The van der Waals surface area contributed by atoms with E-state index in [2.05, 4.69) is 127 Å². The Labute approximate surface area is 388 Å². The van der Waals surface area contributed by atoms with Crippen LogP contribution in [0.4, 0.5) is 0 Å². The van der Waals surface area contributed by atoms with E-state index in [1.165, 1.54) is 0 Å². The van der Waals surface area contributed by atoms with Crippen molar-refractivity contribution in [2.24, 2.45) is 0 Å². The molecule has 0 bridgehead atoms. The molecular weight excluding hydrogens is 838 g/mol. The molecule has 0 atom stereocenters. The van der Waals surface area contributed by atoms with E-state index in [1.807, 2.05) is 115 Å². The van der Waals surface area contributed by atoms with Gasteiger partial charge in [-0.3, -0.25) is 0 Å². The van der Waals surface area contributed by atoms with Crippen molar-refractivity contribution in [2.75, 3.05) is 0 Å². The quantitative estimate of drug-likeness (QED) is 0.135. The maximum Gasteiger partial charge on any atom is 0.171 e. The smallest absolute Gasteiger partial charge is 0.171 e. The molecule has 2 aromatic heterocycles. The van der Waals surface area contributed by atoms with E-state index in [-0.39, 0.29) is 0 Å². The first-order valence-electron chi connectivity index (χ1n) is 22.4. The molecule has 12 rings (SSSR count). The van der Waals surface area contributed by atoms with Gasteiger partial charge >= 0.3 is 0 Å². The van der Waals surface area contributed by atoms with Gasteiger partial charge in [0.1, 0.15) is 11.2 Å². The summed E-state index contributed by atoms with van der Waals surface area (Å²) in [7, 11) is -3.13. The van der Waals surface area contributed by atoms with Crippen molar-refractivity contribution in [2.45, 2.75) is 0 Å².